The number of thiazole rings is 1. The second-order valence-corrected chi connectivity index (χ2v) is 7.95. The molecule has 0 spiro atoms. The largest absolute Gasteiger partial charge is 0.497 e. The lowest BCUT2D eigenvalue weighted by Crippen LogP contribution is -2.17. The van der Waals surface area contributed by atoms with Crippen LogP contribution in [-0.4, -0.2) is 26.7 Å². The van der Waals surface area contributed by atoms with Gasteiger partial charge in [0, 0.05) is 0 Å². The zero-order chi connectivity index (χ0) is 19.6. The summed E-state index contributed by atoms with van der Waals surface area (Å²) in [6.07, 6.45) is 0. The Morgan fingerprint density at radius 2 is 1.81 bits per heavy atom. The lowest BCUT2D eigenvalue weighted by Gasteiger charge is -2.05. The molecule has 0 amide bonds. The number of halogens is 2. The maximum Gasteiger partial charge on any atom is 0.321 e. The van der Waals surface area contributed by atoms with Crippen LogP contribution in [0.2, 0.25) is 0 Å². The topological polar surface area (TPSA) is 69.9 Å². The molecule has 0 N–H and O–H groups in total. The fraction of sp³-hybridized carbons (Fsp3) is 0.235. The van der Waals surface area contributed by atoms with Crippen molar-refractivity contribution in [3.63, 3.8) is 0 Å². The number of alkyl halides is 2. The molecule has 1 aromatic heterocycles. The SMILES string of the molecule is CCOc1ccc2c(c1)s/c(=N/S(=O)(=O)c1ccc(OC)cc1)n2C(F)F. The van der Waals surface area contributed by atoms with Gasteiger partial charge in [-0.05, 0) is 49.4 Å². The smallest absolute Gasteiger partial charge is 0.321 e. The zero-order valence-corrected chi connectivity index (χ0v) is 16.1. The Balaban J connectivity index is 2.17. The van der Waals surface area contributed by atoms with Crippen LogP contribution in [0.3, 0.4) is 0 Å². The van der Waals surface area contributed by atoms with Gasteiger partial charge in [-0.1, -0.05) is 11.3 Å². The van der Waals surface area contributed by atoms with Gasteiger partial charge in [-0.15, -0.1) is 4.40 Å². The number of rotatable bonds is 6. The van der Waals surface area contributed by atoms with E-state index in [1.54, 1.807) is 19.1 Å². The number of methoxy groups -OCH3 is 1. The Kier molecular flexibility index (Phi) is 5.47. The third-order valence-corrected chi connectivity index (χ3v) is 6.07. The minimum absolute atomic E-state index is 0.114. The highest BCUT2D eigenvalue weighted by Gasteiger charge is 2.19. The summed E-state index contributed by atoms with van der Waals surface area (Å²) in [6.45, 7) is -0.712. The molecule has 6 nitrogen and oxygen atoms in total. The molecule has 1 heterocycles. The Labute approximate surface area is 158 Å². The van der Waals surface area contributed by atoms with E-state index >= 15 is 0 Å². The van der Waals surface area contributed by atoms with Crippen molar-refractivity contribution in [3.05, 3.63) is 47.3 Å². The molecule has 0 bridgehead atoms. The van der Waals surface area contributed by atoms with Gasteiger partial charge in [-0.2, -0.15) is 17.2 Å². The average Bonchev–Trinajstić information content (AvgIpc) is 2.98. The summed E-state index contributed by atoms with van der Waals surface area (Å²) in [6, 6.07) is 10.1. The van der Waals surface area contributed by atoms with Gasteiger partial charge < -0.3 is 9.47 Å². The number of benzene rings is 2. The van der Waals surface area contributed by atoms with Crippen LogP contribution in [0.5, 0.6) is 11.5 Å². The quantitative estimate of drug-likeness (QED) is 0.615. The van der Waals surface area contributed by atoms with Crippen LogP contribution >= 0.6 is 11.3 Å². The molecule has 0 unspecified atom stereocenters. The molecule has 0 atom stereocenters. The summed E-state index contributed by atoms with van der Waals surface area (Å²) in [5, 5.41) is 0. The van der Waals surface area contributed by atoms with Crippen molar-refractivity contribution >= 4 is 31.6 Å². The van der Waals surface area contributed by atoms with Crippen molar-refractivity contribution in [1.82, 2.24) is 4.57 Å². The molecule has 144 valence electrons. The van der Waals surface area contributed by atoms with Crippen molar-refractivity contribution < 1.29 is 26.7 Å². The molecule has 0 aliphatic carbocycles. The van der Waals surface area contributed by atoms with Gasteiger partial charge in [0.25, 0.3) is 10.0 Å². The van der Waals surface area contributed by atoms with Crippen LogP contribution in [0, 0.1) is 0 Å². The average molecular weight is 414 g/mol. The third kappa shape index (κ3) is 3.96. The minimum Gasteiger partial charge on any atom is -0.497 e. The highest BCUT2D eigenvalue weighted by Crippen LogP contribution is 2.27. The fourth-order valence-electron chi connectivity index (χ4n) is 2.44. The lowest BCUT2D eigenvalue weighted by molar-refractivity contribution is 0.0723. The highest BCUT2D eigenvalue weighted by atomic mass is 32.2. The number of nitrogens with zero attached hydrogens (tertiary/aromatic N) is 2. The predicted molar refractivity (Wildman–Crippen MR) is 98.0 cm³/mol. The second-order valence-electron chi connectivity index (χ2n) is 5.34. The summed E-state index contributed by atoms with van der Waals surface area (Å²) in [4.78, 5) is -0.430. The molecule has 3 rings (SSSR count). The predicted octanol–water partition coefficient (Wildman–Crippen LogP) is 3.79. The van der Waals surface area contributed by atoms with E-state index in [4.69, 9.17) is 9.47 Å². The van der Waals surface area contributed by atoms with Crippen molar-refractivity contribution in [2.24, 2.45) is 4.40 Å². The van der Waals surface area contributed by atoms with Gasteiger partial charge in [0.1, 0.15) is 11.5 Å². The zero-order valence-electron chi connectivity index (χ0n) is 14.4. The summed E-state index contributed by atoms with van der Waals surface area (Å²) in [5.41, 5.74) is 0.183. The molecule has 3 aromatic rings. The number of aromatic nitrogens is 1. The number of sulfonamides is 1. The van der Waals surface area contributed by atoms with E-state index in [0.717, 1.165) is 11.3 Å². The first-order chi connectivity index (χ1) is 12.9. The van der Waals surface area contributed by atoms with Crippen LogP contribution < -0.4 is 14.3 Å². The Morgan fingerprint density at radius 3 is 2.41 bits per heavy atom. The highest BCUT2D eigenvalue weighted by molar-refractivity contribution is 7.90. The summed E-state index contributed by atoms with van der Waals surface area (Å²) >= 11 is 0.854. The van der Waals surface area contributed by atoms with Gasteiger partial charge in [-0.3, -0.25) is 4.57 Å². The minimum atomic E-state index is -4.17. The van der Waals surface area contributed by atoms with Crippen molar-refractivity contribution in [1.29, 1.82) is 0 Å². The van der Waals surface area contributed by atoms with Crippen molar-refractivity contribution in [2.45, 2.75) is 18.4 Å². The van der Waals surface area contributed by atoms with E-state index < -0.39 is 16.6 Å². The van der Waals surface area contributed by atoms with Gasteiger partial charge in [-0.25, -0.2) is 0 Å². The molecule has 2 aromatic carbocycles. The summed E-state index contributed by atoms with van der Waals surface area (Å²) in [5.74, 6) is 0.985. The van der Waals surface area contributed by atoms with Gasteiger partial charge >= 0.3 is 6.55 Å². The number of ether oxygens (including phenoxy) is 2. The van der Waals surface area contributed by atoms with Gasteiger partial charge in [0.05, 0.1) is 28.8 Å². The van der Waals surface area contributed by atoms with E-state index in [9.17, 15) is 17.2 Å². The van der Waals surface area contributed by atoms with E-state index in [0.29, 0.717) is 27.4 Å². The lowest BCUT2D eigenvalue weighted by atomic mass is 10.3. The first-order valence-electron chi connectivity index (χ1n) is 7.87. The molecule has 0 aliphatic rings. The van der Waals surface area contributed by atoms with Crippen molar-refractivity contribution in [3.8, 4) is 11.5 Å². The number of hydrogen-bond acceptors (Lipinski definition) is 5. The second kappa shape index (κ2) is 7.65. The van der Waals surface area contributed by atoms with Gasteiger partial charge in [0.2, 0.25) is 4.80 Å². The molecule has 27 heavy (non-hydrogen) atoms. The molecular formula is C17H16F2N2O4S2. The maximum atomic E-state index is 13.6. The fourth-order valence-corrected chi connectivity index (χ4v) is 4.68. The Hall–Kier alpha value is -2.46. The number of hydrogen-bond donors (Lipinski definition) is 0. The molecule has 0 aliphatic heterocycles. The molecule has 0 fully saturated rings. The first kappa shape index (κ1) is 19.3. The van der Waals surface area contributed by atoms with Crippen LogP contribution in [0.25, 0.3) is 10.2 Å². The first-order valence-corrected chi connectivity index (χ1v) is 10.1. The summed E-state index contributed by atoms with van der Waals surface area (Å²) in [7, 11) is -2.72. The maximum absolute atomic E-state index is 13.6. The van der Waals surface area contributed by atoms with Crippen LogP contribution in [0.4, 0.5) is 8.78 Å². The molecule has 0 saturated heterocycles. The molecular weight excluding hydrogens is 398 g/mol. The van der Waals surface area contributed by atoms with Crippen LogP contribution in [-0.2, 0) is 10.0 Å². The number of fused-ring (bicyclic) bond motifs is 1. The van der Waals surface area contributed by atoms with Gasteiger partial charge in [0.15, 0.2) is 0 Å². The molecule has 0 radical (unpaired) electrons. The van der Waals surface area contributed by atoms with Crippen LogP contribution in [0.15, 0.2) is 51.8 Å². The van der Waals surface area contributed by atoms with E-state index in [-0.39, 0.29) is 15.2 Å². The van der Waals surface area contributed by atoms with E-state index in [1.807, 2.05) is 0 Å². The normalized spacial score (nSPS) is 12.7. The Morgan fingerprint density at radius 1 is 1.15 bits per heavy atom. The van der Waals surface area contributed by atoms with E-state index in [1.165, 1.54) is 37.4 Å². The van der Waals surface area contributed by atoms with Crippen LogP contribution in [0.1, 0.15) is 13.5 Å². The van der Waals surface area contributed by atoms with E-state index in [2.05, 4.69) is 4.40 Å². The summed E-state index contributed by atoms with van der Waals surface area (Å²) < 4.78 is 67.3. The molecule has 10 heteroatoms. The third-order valence-electron chi connectivity index (χ3n) is 3.66. The Bertz CT molecular complexity index is 1120. The van der Waals surface area contributed by atoms with Crippen molar-refractivity contribution in [2.75, 3.05) is 13.7 Å². The monoisotopic (exact) mass is 414 g/mol. The standard InChI is InChI=1S/C17H16F2N2O4S2/c1-3-25-12-6-9-14-15(10-12)26-17(21(14)16(18)19)20-27(22,23)13-7-4-11(24-2)5-8-13/h4-10,16H,3H2,1-2H3/b20-17+. The molecule has 0 saturated carbocycles.